The average molecular weight is 348 g/mol. The lowest BCUT2D eigenvalue weighted by Gasteiger charge is -2.24. The molecule has 1 aromatic carbocycles. The topological polar surface area (TPSA) is 51.1 Å². The zero-order valence-corrected chi connectivity index (χ0v) is 15.2. The number of hydrogen-bond acceptors (Lipinski definition) is 5. The Bertz CT molecular complexity index is 776. The molecule has 0 saturated heterocycles. The van der Waals surface area contributed by atoms with Crippen molar-refractivity contribution in [2.75, 3.05) is 6.54 Å². The molecule has 0 radical (unpaired) electrons. The quantitative estimate of drug-likeness (QED) is 0.607. The Morgan fingerprint density at radius 1 is 0.846 bits per heavy atom. The molecule has 0 aliphatic carbocycles. The number of benzene rings is 1. The van der Waals surface area contributed by atoms with Crippen LogP contribution in [0.1, 0.15) is 25.1 Å². The highest BCUT2D eigenvalue weighted by Gasteiger charge is 2.10. The van der Waals surface area contributed by atoms with Gasteiger partial charge >= 0.3 is 6.01 Å². The van der Waals surface area contributed by atoms with Gasteiger partial charge in [0.05, 0.1) is 5.69 Å². The monoisotopic (exact) mass is 348 g/mol. The van der Waals surface area contributed by atoms with E-state index in [4.69, 9.17) is 4.74 Å². The van der Waals surface area contributed by atoms with Crippen molar-refractivity contribution in [2.45, 2.75) is 26.9 Å². The molecule has 0 aliphatic rings. The molecule has 5 heteroatoms. The number of aromatic nitrogens is 3. The van der Waals surface area contributed by atoms with Gasteiger partial charge in [0.25, 0.3) is 0 Å². The largest absolute Gasteiger partial charge is 0.424 e. The molecule has 134 valence electrons. The highest BCUT2D eigenvalue weighted by Crippen LogP contribution is 2.19. The van der Waals surface area contributed by atoms with E-state index >= 15 is 0 Å². The summed E-state index contributed by atoms with van der Waals surface area (Å²) in [7, 11) is 0. The summed E-state index contributed by atoms with van der Waals surface area (Å²) >= 11 is 0. The molecule has 3 rings (SSSR count). The van der Waals surface area contributed by atoms with E-state index in [0.717, 1.165) is 31.1 Å². The molecule has 2 aromatic heterocycles. The van der Waals surface area contributed by atoms with E-state index < -0.39 is 0 Å². The van der Waals surface area contributed by atoms with Gasteiger partial charge in [-0.25, -0.2) is 9.97 Å². The maximum absolute atomic E-state index is 5.65. The molecule has 0 atom stereocenters. The minimum atomic E-state index is 0.358. The Morgan fingerprint density at radius 2 is 1.58 bits per heavy atom. The molecule has 0 bridgehead atoms. The Morgan fingerprint density at radius 3 is 2.23 bits per heavy atom. The average Bonchev–Trinajstić information content (AvgIpc) is 2.64. The predicted molar refractivity (Wildman–Crippen MR) is 102 cm³/mol. The Balaban J connectivity index is 1.64. The summed E-state index contributed by atoms with van der Waals surface area (Å²) in [6, 6.07) is 16.3. The Kier molecular flexibility index (Phi) is 6.28. The second kappa shape index (κ2) is 9.06. The summed E-state index contributed by atoms with van der Waals surface area (Å²) in [5.74, 6) is 1.33. The molecular weight excluding hydrogens is 324 g/mol. The fourth-order valence-electron chi connectivity index (χ4n) is 2.79. The number of pyridine rings is 1. The summed E-state index contributed by atoms with van der Waals surface area (Å²) in [4.78, 5) is 15.0. The highest BCUT2D eigenvalue weighted by molar-refractivity contribution is 5.29. The number of hydrogen-bond donors (Lipinski definition) is 0. The molecule has 2 heterocycles. The van der Waals surface area contributed by atoms with E-state index in [1.807, 2.05) is 30.5 Å². The standard InChI is InChI=1S/C21H24N4O/c1-17(2)14-25(16-19-6-3-4-11-22-19)15-18-7-9-20(10-8-18)26-21-23-12-5-13-24-21/h3-13,17H,14-16H2,1-2H3. The van der Waals surface area contributed by atoms with Gasteiger partial charge in [-0.05, 0) is 41.8 Å². The maximum atomic E-state index is 5.65. The van der Waals surface area contributed by atoms with E-state index in [1.54, 1.807) is 18.5 Å². The minimum Gasteiger partial charge on any atom is -0.424 e. The summed E-state index contributed by atoms with van der Waals surface area (Å²) in [6.45, 7) is 7.21. The van der Waals surface area contributed by atoms with Crippen molar-refractivity contribution < 1.29 is 4.74 Å². The highest BCUT2D eigenvalue weighted by atomic mass is 16.5. The molecule has 3 aromatic rings. The summed E-state index contributed by atoms with van der Waals surface area (Å²) < 4.78 is 5.65. The van der Waals surface area contributed by atoms with Gasteiger partial charge in [0.15, 0.2) is 0 Å². The summed E-state index contributed by atoms with van der Waals surface area (Å²) in [5, 5.41) is 0. The Hall–Kier alpha value is -2.79. The molecule has 0 fully saturated rings. The molecule has 0 unspecified atom stereocenters. The molecule has 5 nitrogen and oxygen atoms in total. The molecule has 0 amide bonds. The van der Waals surface area contributed by atoms with Gasteiger partial charge in [-0.3, -0.25) is 9.88 Å². The molecule has 26 heavy (non-hydrogen) atoms. The van der Waals surface area contributed by atoms with Gasteiger partial charge in [-0.1, -0.05) is 32.0 Å². The molecule has 0 N–H and O–H groups in total. The van der Waals surface area contributed by atoms with Gasteiger partial charge in [0.1, 0.15) is 5.75 Å². The van der Waals surface area contributed by atoms with Crippen molar-refractivity contribution in [1.82, 2.24) is 19.9 Å². The van der Waals surface area contributed by atoms with Crippen molar-refractivity contribution in [3.63, 3.8) is 0 Å². The van der Waals surface area contributed by atoms with Gasteiger partial charge in [0, 0.05) is 38.2 Å². The smallest absolute Gasteiger partial charge is 0.321 e. The Labute approximate surface area is 154 Å². The fraction of sp³-hybridized carbons (Fsp3) is 0.286. The van der Waals surface area contributed by atoms with Crippen molar-refractivity contribution in [2.24, 2.45) is 5.92 Å². The predicted octanol–water partition coefficient (Wildman–Crippen LogP) is 4.32. The first-order chi connectivity index (χ1) is 12.7. The van der Waals surface area contributed by atoms with Crippen molar-refractivity contribution in [3.8, 4) is 11.8 Å². The van der Waals surface area contributed by atoms with Crippen LogP contribution in [0.3, 0.4) is 0 Å². The molecular formula is C21H24N4O. The zero-order valence-electron chi connectivity index (χ0n) is 15.2. The first kappa shape index (κ1) is 18.0. The van der Waals surface area contributed by atoms with Crippen LogP contribution in [-0.2, 0) is 13.1 Å². The number of nitrogens with zero attached hydrogens (tertiary/aromatic N) is 4. The molecule has 0 saturated carbocycles. The lowest BCUT2D eigenvalue weighted by Crippen LogP contribution is -2.27. The van der Waals surface area contributed by atoms with Crippen LogP contribution in [0.25, 0.3) is 0 Å². The first-order valence-electron chi connectivity index (χ1n) is 8.85. The van der Waals surface area contributed by atoms with E-state index in [2.05, 4.69) is 51.9 Å². The lowest BCUT2D eigenvalue weighted by atomic mass is 10.1. The van der Waals surface area contributed by atoms with Crippen LogP contribution in [0, 0.1) is 5.92 Å². The third-order valence-electron chi connectivity index (χ3n) is 3.82. The van der Waals surface area contributed by atoms with Crippen LogP contribution in [-0.4, -0.2) is 26.4 Å². The minimum absolute atomic E-state index is 0.358. The summed E-state index contributed by atoms with van der Waals surface area (Å²) in [5.41, 5.74) is 2.33. The zero-order chi connectivity index (χ0) is 18.2. The van der Waals surface area contributed by atoms with E-state index in [0.29, 0.717) is 11.9 Å². The van der Waals surface area contributed by atoms with Crippen LogP contribution in [0.5, 0.6) is 11.8 Å². The molecule has 0 aliphatic heterocycles. The van der Waals surface area contributed by atoms with Crippen LogP contribution < -0.4 is 4.74 Å². The summed E-state index contributed by atoms with van der Waals surface area (Å²) in [6.07, 6.45) is 5.18. The van der Waals surface area contributed by atoms with E-state index in [9.17, 15) is 0 Å². The second-order valence-electron chi connectivity index (χ2n) is 6.66. The normalized spacial score (nSPS) is 11.1. The van der Waals surface area contributed by atoms with E-state index in [1.165, 1.54) is 5.56 Å². The van der Waals surface area contributed by atoms with Crippen LogP contribution in [0.2, 0.25) is 0 Å². The number of rotatable bonds is 8. The van der Waals surface area contributed by atoms with Gasteiger partial charge in [-0.15, -0.1) is 0 Å². The third-order valence-corrected chi connectivity index (χ3v) is 3.82. The van der Waals surface area contributed by atoms with Crippen LogP contribution >= 0.6 is 0 Å². The SMILES string of the molecule is CC(C)CN(Cc1ccc(Oc2ncccn2)cc1)Cc1ccccn1. The molecule has 0 spiro atoms. The van der Waals surface area contributed by atoms with Crippen molar-refractivity contribution in [1.29, 1.82) is 0 Å². The second-order valence-corrected chi connectivity index (χ2v) is 6.66. The van der Waals surface area contributed by atoms with Crippen molar-refractivity contribution >= 4 is 0 Å². The van der Waals surface area contributed by atoms with Gasteiger partial charge in [-0.2, -0.15) is 0 Å². The fourth-order valence-corrected chi connectivity index (χ4v) is 2.79. The maximum Gasteiger partial charge on any atom is 0.321 e. The van der Waals surface area contributed by atoms with E-state index in [-0.39, 0.29) is 0 Å². The van der Waals surface area contributed by atoms with Gasteiger partial charge < -0.3 is 4.74 Å². The first-order valence-corrected chi connectivity index (χ1v) is 8.85. The lowest BCUT2D eigenvalue weighted by molar-refractivity contribution is 0.225. The third kappa shape index (κ3) is 5.63. The van der Waals surface area contributed by atoms with Crippen LogP contribution in [0.15, 0.2) is 67.1 Å². The number of ether oxygens (including phenoxy) is 1. The van der Waals surface area contributed by atoms with Gasteiger partial charge in [0.2, 0.25) is 0 Å². The van der Waals surface area contributed by atoms with Crippen LogP contribution in [0.4, 0.5) is 0 Å². The van der Waals surface area contributed by atoms with Crippen molar-refractivity contribution in [3.05, 3.63) is 78.4 Å².